The summed E-state index contributed by atoms with van der Waals surface area (Å²) in [6.07, 6.45) is 6.66. The van der Waals surface area contributed by atoms with Crippen molar-refractivity contribution in [2.75, 3.05) is 15.4 Å². The van der Waals surface area contributed by atoms with Gasteiger partial charge in [-0.2, -0.15) is 0 Å². The van der Waals surface area contributed by atoms with Crippen LogP contribution >= 0.6 is 0 Å². The Kier molecular flexibility index (Phi) is 4.54. The van der Waals surface area contributed by atoms with Crippen LogP contribution in [0.15, 0.2) is 36.5 Å². The number of carbonyl (C=O) groups is 1. The third-order valence-corrected chi connectivity index (χ3v) is 7.23. The van der Waals surface area contributed by atoms with E-state index in [0.717, 1.165) is 59.8 Å². The van der Waals surface area contributed by atoms with Crippen molar-refractivity contribution in [3.05, 3.63) is 42.1 Å². The van der Waals surface area contributed by atoms with Crippen LogP contribution in [-0.4, -0.2) is 36.6 Å². The lowest BCUT2D eigenvalue weighted by Gasteiger charge is -2.18. The second-order valence-corrected chi connectivity index (χ2v) is 10.1. The van der Waals surface area contributed by atoms with Gasteiger partial charge in [0.25, 0.3) is 0 Å². The first-order chi connectivity index (χ1) is 14.4. The summed E-state index contributed by atoms with van der Waals surface area (Å²) in [6.45, 7) is 1.96. The second kappa shape index (κ2) is 7.12. The van der Waals surface area contributed by atoms with Gasteiger partial charge in [-0.05, 0) is 79.5 Å². The summed E-state index contributed by atoms with van der Waals surface area (Å²) in [5, 5.41) is 0.963. The van der Waals surface area contributed by atoms with Crippen LogP contribution in [0, 0.1) is 12.8 Å². The summed E-state index contributed by atoms with van der Waals surface area (Å²) >= 11 is 0. The standard InChI is InChI=1S/C22H24N4O3S/c1-14-10-16(25-30(28,29)12-15-2-3-15)4-7-18(14)20-11-21(26(13-27)17-5-6-17)24-22-19(20)8-9-23-22/h4,7-11,13,15,17,25H,2-3,5-6,12H2,1H3,(H,23,24). The molecule has 156 valence electrons. The molecule has 2 aliphatic rings. The van der Waals surface area contributed by atoms with Crippen LogP contribution in [-0.2, 0) is 14.8 Å². The molecule has 0 spiro atoms. The SMILES string of the molecule is Cc1cc(NS(=O)(=O)CC2CC2)ccc1-c1cc(N(C=O)C2CC2)nc2[nH]ccc12. The summed E-state index contributed by atoms with van der Waals surface area (Å²) in [6, 6.07) is 9.72. The molecule has 2 aromatic heterocycles. The molecule has 0 atom stereocenters. The fraction of sp³-hybridized carbons (Fsp3) is 0.364. The molecule has 7 nitrogen and oxygen atoms in total. The highest BCUT2D eigenvalue weighted by Crippen LogP contribution is 2.37. The first-order valence-corrected chi connectivity index (χ1v) is 11.9. The van der Waals surface area contributed by atoms with Gasteiger partial charge in [0.15, 0.2) is 0 Å². The van der Waals surface area contributed by atoms with Crippen LogP contribution in [0.4, 0.5) is 11.5 Å². The monoisotopic (exact) mass is 424 g/mol. The van der Waals surface area contributed by atoms with Gasteiger partial charge in [0.1, 0.15) is 11.5 Å². The molecule has 2 fully saturated rings. The fourth-order valence-electron chi connectivity index (χ4n) is 3.90. The van der Waals surface area contributed by atoms with Crippen molar-refractivity contribution in [2.45, 2.75) is 38.6 Å². The Balaban J connectivity index is 1.51. The Labute approximate surface area is 175 Å². The molecule has 30 heavy (non-hydrogen) atoms. The molecule has 0 unspecified atom stereocenters. The number of aromatic amines is 1. The summed E-state index contributed by atoms with van der Waals surface area (Å²) < 4.78 is 27.3. The minimum Gasteiger partial charge on any atom is -0.346 e. The van der Waals surface area contributed by atoms with E-state index in [1.54, 1.807) is 11.0 Å². The summed E-state index contributed by atoms with van der Waals surface area (Å²) in [5.74, 6) is 1.12. The van der Waals surface area contributed by atoms with Gasteiger partial charge in [-0.1, -0.05) is 6.07 Å². The van der Waals surface area contributed by atoms with Gasteiger partial charge in [-0.3, -0.25) is 14.4 Å². The van der Waals surface area contributed by atoms with Crippen LogP contribution in [0.5, 0.6) is 0 Å². The number of rotatable bonds is 8. The summed E-state index contributed by atoms with van der Waals surface area (Å²) in [5.41, 5.74) is 4.20. The molecule has 5 rings (SSSR count). The predicted molar refractivity (Wildman–Crippen MR) is 118 cm³/mol. The Bertz CT molecular complexity index is 1230. The van der Waals surface area contributed by atoms with E-state index >= 15 is 0 Å². The zero-order valence-corrected chi connectivity index (χ0v) is 17.6. The smallest absolute Gasteiger partial charge is 0.232 e. The molecule has 2 aliphatic carbocycles. The number of sulfonamides is 1. The van der Waals surface area contributed by atoms with E-state index in [-0.39, 0.29) is 11.8 Å². The zero-order chi connectivity index (χ0) is 20.9. The van der Waals surface area contributed by atoms with Crippen molar-refractivity contribution in [1.82, 2.24) is 9.97 Å². The maximum absolute atomic E-state index is 12.3. The van der Waals surface area contributed by atoms with Gasteiger partial charge >= 0.3 is 0 Å². The first-order valence-electron chi connectivity index (χ1n) is 10.3. The molecule has 2 saturated carbocycles. The van der Waals surface area contributed by atoms with Crippen LogP contribution in [0.1, 0.15) is 31.2 Å². The number of nitrogens with zero attached hydrogens (tertiary/aromatic N) is 2. The lowest BCUT2D eigenvalue weighted by Crippen LogP contribution is -2.24. The number of hydrogen-bond acceptors (Lipinski definition) is 4. The number of aromatic nitrogens is 2. The molecule has 2 heterocycles. The number of aryl methyl sites for hydroxylation is 1. The molecular weight excluding hydrogens is 400 g/mol. The number of nitrogens with one attached hydrogen (secondary N) is 2. The highest BCUT2D eigenvalue weighted by Gasteiger charge is 2.31. The second-order valence-electron chi connectivity index (χ2n) is 8.37. The van der Waals surface area contributed by atoms with E-state index in [1.165, 1.54) is 0 Å². The molecule has 1 amide bonds. The Hall–Kier alpha value is -2.87. The number of benzene rings is 1. The number of H-pyrrole nitrogens is 1. The van der Waals surface area contributed by atoms with Crippen LogP contribution in [0.3, 0.4) is 0 Å². The zero-order valence-electron chi connectivity index (χ0n) is 16.8. The molecule has 0 aliphatic heterocycles. The Morgan fingerprint density at radius 2 is 1.97 bits per heavy atom. The van der Waals surface area contributed by atoms with Gasteiger partial charge < -0.3 is 4.98 Å². The van der Waals surface area contributed by atoms with E-state index in [4.69, 9.17) is 0 Å². The third kappa shape index (κ3) is 3.79. The van der Waals surface area contributed by atoms with E-state index in [0.29, 0.717) is 17.4 Å². The number of anilines is 2. The van der Waals surface area contributed by atoms with Crippen molar-refractivity contribution >= 4 is 39.0 Å². The van der Waals surface area contributed by atoms with Gasteiger partial charge in [0, 0.05) is 23.3 Å². The van der Waals surface area contributed by atoms with Crippen LogP contribution < -0.4 is 9.62 Å². The highest BCUT2D eigenvalue weighted by atomic mass is 32.2. The van der Waals surface area contributed by atoms with Crippen molar-refractivity contribution in [2.24, 2.45) is 5.92 Å². The number of carbonyl (C=O) groups excluding carboxylic acids is 1. The minimum absolute atomic E-state index is 0.189. The number of pyridine rings is 1. The molecule has 0 saturated heterocycles. The fourth-order valence-corrected chi connectivity index (χ4v) is 5.43. The Morgan fingerprint density at radius 3 is 2.63 bits per heavy atom. The molecule has 2 N–H and O–H groups in total. The van der Waals surface area contributed by atoms with E-state index in [2.05, 4.69) is 14.7 Å². The molecule has 0 bridgehead atoms. The lowest BCUT2D eigenvalue weighted by atomic mass is 9.98. The summed E-state index contributed by atoms with van der Waals surface area (Å²) in [4.78, 5) is 21.1. The quantitative estimate of drug-likeness (QED) is 0.538. The van der Waals surface area contributed by atoms with Gasteiger partial charge in [-0.15, -0.1) is 0 Å². The van der Waals surface area contributed by atoms with Crippen LogP contribution in [0.25, 0.3) is 22.2 Å². The lowest BCUT2D eigenvalue weighted by molar-refractivity contribution is -0.107. The van der Waals surface area contributed by atoms with E-state index in [1.807, 2.05) is 37.4 Å². The number of fused-ring (bicyclic) bond motifs is 1. The molecule has 3 aromatic rings. The maximum atomic E-state index is 12.3. The van der Waals surface area contributed by atoms with E-state index in [9.17, 15) is 13.2 Å². The topological polar surface area (TPSA) is 95.2 Å². The average molecular weight is 425 g/mol. The average Bonchev–Trinajstić information content (AvgIpc) is 3.62. The predicted octanol–water partition coefficient (Wildman–Crippen LogP) is 3.82. The van der Waals surface area contributed by atoms with Crippen molar-refractivity contribution < 1.29 is 13.2 Å². The first kappa shape index (κ1) is 19.1. The maximum Gasteiger partial charge on any atom is 0.232 e. The van der Waals surface area contributed by atoms with Gasteiger partial charge in [0.05, 0.1) is 5.75 Å². The van der Waals surface area contributed by atoms with Crippen molar-refractivity contribution in [1.29, 1.82) is 0 Å². The highest BCUT2D eigenvalue weighted by molar-refractivity contribution is 7.92. The molecule has 8 heteroatoms. The van der Waals surface area contributed by atoms with E-state index < -0.39 is 10.0 Å². The summed E-state index contributed by atoms with van der Waals surface area (Å²) in [7, 11) is -3.33. The van der Waals surface area contributed by atoms with Crippen LogP contribution in [0.2, 0.25) is 0 Å². The van der Waals surface area contributed by atoms with Crippen molar-refractivity contribution in [3.8, 4) is 11.1 Å². The normalized spacial score (nSPS) is 16.6. The number of hydrogen-bond donors (Lipinski definition) is 2. The Morgan fingerprint density at radius 1 is 1.17 bits per heavy atom. The molecule has 1 aromatic carbocycles. The van der Waals surface area contributed by atoms with Crippen molar-refractivity contribution in [3.63, 3.8) is 0 Å². The largest absolute Gasteiger partial charge is 0.346 e. The molecule has 0 radical (unpaired) electrons. The number of amides is 1. The van der Waals surface area contributed by atoms with Gasteiger partial charge in [-0.25, -0.2) is 13.4 Å². The van der Waals surface area contributed by atoms with Gasteiger partial charge in [0.2, 0.25) is 16.4 Å². The third-order valence-electron chi connectivity index (χ3n) is 5.78. The minimum atomic E-state index is -3.33. The molecular formula is C22H24N4O3S.